The van der Waals surface area contributed by atoms with Crippen LogP contribution in [0.1, 0.15) is 116 Å². The van der Waals surface area contributed by atoms with Crippen LogP contribution in [0.3, 0.4) is 0 Å². The Balaban J connectivity index is 1.39. The fourth-order valence-electron chi connectivity index (χ4n) is 11.7. The summed E-state index contributed by atoms with van der Waals surface area (Å²) in [6, 6.07) is 4.15. The predicted molar refractivity (Wildman–Crippen MR) is 372 cm³/mol. The van der Waals surface area contributed by atoms with E-state index < -0.39 is 149 Å². The molecule has 4 saturated heterocycles. The first kappa shape index (κ1) is 79.8. The number of carbonyl (C=O) groups is 4. The molecule has 1 aromatic carbocycles. The lowest BCUT2D eigenvalue weighted by Gasteiger charge is -2.49. The Hall–Kier alpha value is -4.20. The molecule has 0 spiro atoms. The zero-order chi connectivity index (χ0) is 69.6. The lowest BCUT2D eigenvalue weighted by atomic mass is 9.82. The lowest BCUT2D eigenvalue weighted by Crippen LogP contribution is -2.65. The molecule has 528 valence electrons. The van der Waals surface area contributed by atoms with Crippen LogP contribution in [0.25, 0.3) is 0 Å². The molecule has 95 heavy (non-hydrogen) atoms. The number of alkyl carbamates (subject to hydrolysis) is 1. The Bertz CT molecular complexity index is 2840. The number of benzene rings is 1. The van der Waals surface area contributed by atoms with Gasteiger partial charge in [-0.05, 0) is 78.4 Å². The Morgan fingerprint density at radius 3 is 1.87 bits per heavy atom. The summed E-state index contributed by atoms with van der Waals surface area (Å²) in [5, 5.41) is 50.2. The summed E-state index contributed by atoms with van der Waals surface area (Å²) < 4.78 is 75.5. The van der Waals surface area contributed by atoms with Crippen molar-refractivity contribution < 1.29 is 96.4 Å². The van der Waals surface area contributed by atoms with E-state index in [1.165, 1.54) is 19.3 Å². The largest absolute Gasteiger partial charge is 0.462 e. The van der Waals surface area contributed by atoms with Crippen molar-refractivity contribution in [3.8, 4) is 0 Å². The number of carbonyl (C=O) groups excluding carboxylic acids is 4. The van der Waals surface area contributed by atoms with Crippen LogP contribution in [0, 0.1) is 17.8 Å². The van der Waals surface area contributed by atoms with Gasteiger partial charge in [0.05, 0.1) is 73.0 Å². The molecule has 5 N–H and O–H groups in total. The number of methoxy groups -OCH3 is 1. The molecule has 21 nitrogen and oxygen atoms in total. The maximum absolute atomic E-state index is 14.3. The number of esters is 3. The van der Waals surface area contributed by atoms with E-state index in [4.69, 9.17) is 56.8 Å². The van der Waals surface area contributed by atoms with Crippen molar-refractivity contribution in [2.24, 2.45) is 17.8 Å². The first-order valence-electron chi connectivity index (χ1n) is 32.5. The van der Waals surface area contributed by atoms with Crippen molar-refractivity contribution in [3.63, 3.8) is 0 Å². The van der Waals surface area contributed by atoms with Crippen LogP contribution in [0.5, 0.6) is 0 Å². The average Bonchev–Trinajstić information content (AvgIpc) is 0.778. The van der Waals surface area contributed by atoms with Gasteiger partial charge in [-0.15, -0.1) is 17.9 Å². The Labute approximate surface area is 568 Å². The van der Waals surface area contributed by atoms with E-state index in [-0.39, 0.29) is 80.7 Å². The van der Waals surface area contributed by atoms with Crippen molar-refractivity contribution >= 4 is 57.1 Å². The Morgan fingerprint density at radius 1 is 0.695 bits per heavy atom. The highest BCUT2D eigenvalue weighted by Crippen LogP contribution is 2.52. The monoisotopic (exact) mass is 1400 g/mol. The molecule has 6 rings (SSSR count). The maximum atomic E-state index is 14.3. The second-order valence-corrected chi connectivity index (χ2v) is 34.3. The molecular formula is C70H103NO20P4. The molecule has 0 saturated carbocycles. The second kappa shape index (κ2) is 39.0. The summed E-state index contributed by atoms with van der Waals surface area (Å²) in [6.07, 6.45) is 13.7. The van der Waals surface area contributed by atoms with Crippen molar-refractivity contribution in [3.05, 3.63) is 146 Å². The minimum Gasteiger partial charge on any atom is -0.462 e. The lowest BCUT2D eigenvalue weighted by molar-refractivity contribution is -0.326. The van der Waals surface area contributed by atoms with Gasteiger partial charge in [-0.2, -0.15) is 0 Å². The number of hydrogen-bond donors (Lipinski definition) is 5. The SMILES string of the molecule is C=CCOC(=O)N[C@H]1[C@H](O)[C@@H](C)O[C@@H](O[C@H]2/C=C/C=C/C=C/C=C/C=C/C=C/C=C/[C@H](C)[C@@H](O)[C@@H](C)[C@H](C)OC(=O)C[C@H]3C[C@@H](CC[C@@H](O)[C@H]4CC(C[C@]5(OC)C[C@H](O)[C@@H](C(=O)OCC=C)C(C2)O5)OC(P(C)P)O4)OC(P(C)P)O3)[C@H]1OC(=O)c1ccc(C(C)(C)C)cc1. The Kier molecular flexibility index (Phi) is 32.7. The van der Waals surface area contributed by atoms with Crippen LogP contribution < -0.4 is 5.32 Å². The van der Waals surface area contributed by atoms with Crippen LogP contribution in [0.4, 0.5) is 4.79 Å². The van der Waals surface area contributed by atoms with Gasteiger partial charge in [-0.25, -0.2) is 9.59 Å². The number of fused-ring (bicyclic) bond motifs is 6. The van der Waals surface area contributed by atoms with Gasteiger partial charge < -0.3 is 82.6 Å². The van der Waals surface area contributed by atoms with E-state index in [1.807, 2.05) is 115 Å². The highest BCUT2D eigenvalue weighted by molar-refractivity contribution is 8.13. The molecule has 5 heterocycles. The average molecular weight is 1400 g/mol. The van der Waals surface area contributed by atoms with Crippen LogP contribution in [-0.2, 0) is 71.8 Å². The molecule has 5 aliphatic rings. The third kappa shape index (κ3) is 24.6. The van der Waals surface area contributed by atoms with Crippen LogP contribution in [0.2, 0.25) is 0 Å². The standard InChI is InChI=1S/C70H103NO20P4/c1-13-35-81-64(78)58-54(73)42-70(80-10)41-52-39-55(89-68(88-52)95(12)93)53(72)34-33-50-37-51(87-67(86-50)94(11)92)40-57(74)83-45(5)44(4)60(75)43(3)27-25-23-21-19-17-15-16-18-20-22-24-26-28-49(38-56(58)91-70)85-65-62(59(61(76)46(6)84-65)71-66(79)82-36-14-2)90-63(77)47-29-31-48(32-30-47)69(7,8)9/h13-32,43-46,49-56,58-62,65,67-68,72-73,75-76H,1-2,33-42,92-93H2,3-12H3,(H,71,79)/b16-15+,19-17+,20-18+,23-21+,24-22+,27-25+,28-26+/t43-,44-,45-,46+,49-,50+,51+,52?,53+,54-,55+,56?,58+,59-,60+,61+,62-,65-,67?,68?,70+,94?,95?/m0/s1. The molecule has 0 aliphatic carbocycles. The fourth-order valence-corrected chi connectivity index (χ4v) is 14.0. The molecule has 8 unspecified atom stereocenters. The molecule has 6 bridgehead atoms. The molecule has 5 aliphatic heterocycles. The van der Waals surface area contributed by atoms with Gasteiger partial charge in [-0.3, -0.25) is 9.59 Å². The smallest absolute Gasteiger partial charge is 0.407 e. The third-order valence-corrected chi connectivity index (χ3v) is 20.6. The fraction of sp³-hybridized carbons (Fsp3) is 0.600. The molecule has 25 heteroatoms. The van der Waals surface area contributed by atoms with Crippen molar-refractivity contribution in [1.82, 2.24) is 5.32 Å². The molecule has 4 fully saturated rings. The van der Waals surface area contributed by atoms with Crippen LogP contribution in [0.15, 0.2) is 135 Å². The summed E-state index contributed by atoms with van der Waals surface area (Å²) in [4.78, 5) is 55.5. The van der Waals surface area contributed by atoms with Crippen molar-refractivity contribution in [2.75, 3.05) is 33.7 Å². The third-order valence-electron chi connectivity index (χ3n) is 17.3. The topological polar surface area (TPSA) is 272 Å². The number of hydrogen-bond acceptors (Lipinski definition) is 20. The van der Waals surface area contributed by atoms with Gasteiger partial charge in [0, 0.05) is 51.0 Å². The number of amides is 1. The molecule has 25 atom stereocenters. The predicted octanol–water partition coefficient (Wildman–Crippen LogP) is 10.6. The number of ether oxygens (including phenoxy) is 12. The van der Waals surface area contributed by atoms with E-state index in [0.717, 1.165) is 5.56 Å². The minimum atomic E-state index is -1.64. The first-order chi connectivity index (χ1) is 45.2. The Morgan fingerprint density at radius 2 is 1.27 bits per heavy atom. The normalized spacial score (nSPS) is 38.1. The molecule has 0 aromatic heterocycles. The van der Waals surface area contributed by atoms with Gasteiger partial charge in [-0.1, -0.05) is 157 Å². The van der Waals surface area contributed by atoms with Gasteiger partial charge in [0.1, 0.15) is 37.4 Å². The summed E-state index contributed by atoms with van der Waals surface area (Å²) in [7, 11) is 5.09. The van der Waals surface area contributed by atoms with E-state index in [0.29, 0.717) is 12.8 Å². The van der Waals surface area contributed by atoms with Gasteiger partial charge >= 0.3 is 24.0 Å². The number of nitrogens with one attached hydrogen (secondary N) is 1. The van der Waals surface area contributed by atoms with Gasteiger partial charge in [0.15, 0.2) is 30.2 Å². The van der Waals surface area contributed by atoms with E-state index >= 15 is 0 Å². The highest BCUT2D eigenvalue weighted by Gasteiger charge is 2.54. The first-order valence-corrected chi connectivity index (χ1v) is 39.5. The maximum Gasteiger partial charge on any atom is 0.407 e. The highest BCUT2D eigenvalue weighted by atomic mass is 32.0. The number of aliphatic hydroxyl groups excluding tert-OH is 4. The number of aliphatic hydroxyl groups is 4. The minimum absolute atomic E-state index is 0.00580. The van der Waals surface area contributed by atoms with Crippen molar-refractivity contribution in [2.45, 2.75) is 215 Å². The summed E-state index contributed by atoms with van der Waals surface area (Å²) in [5.41, 5.74) is 0.894. The van der Waals surface area contributed by atoms with Gasteiger partial charge in [0.25, 0.3) is 0 Å². The van der Waals surface area contributed by atoms with E-state index in [9.17, 15) is 39.6 Å². The van der Waals surface area contributed by atoms with E-state index in [2.05, 4.69) is 36.3 Å². The summed E-state index contributed by atoms with van der Waals surface area (Å²) in [5.74, 6) is -5.68. The molecule has 1 aromatic rings. The zero-order valence-electron chi connectivity index (χ0n) is 56.4. The molecule has 0 radical (unpaired) electrons. The summed E-state index contributed by atoms with van der Waals surface area (Å²) in [6.45, 7) is 24.2. The second-order valence-electron chi connectivity index (χ2n) is 25.9. The number of allylic oxidation sites excluding steroid dienone is 12. The number of rotatable bonds is 13. The summed E-state index contributed by atoms with van der Waals surface area (Å²) >= 11 is 0. The quantitative estimate of drug-likeness (QED) is 0.0531. The van der Waals surface area contributed by atoms with Gasteiger partial charge in [0.2, 0.25) is 0 Å². The van der Waals surface area contributed by atoms with Crippen LogP contribution >= 0.6 is 33.1 Å². The zero-order valence-corrected chi connectivity index (χ0v) is 60.5. The van der Waals surface area contributed by atoms with Crippen LogP contribution in [-0.4, -0.2) is 188 Å². The molecular weight excluding hydrogens is 1300 g/mol. The number of cyclic esters (lactones) is 1. The molecule has 1 amide bonds. The van der Waals surface area contributed by atoms with E-state index in [1.54, 1.807) is 56.4 Å². The van der Waals surface area contributed by atoms with Crippen molar-refractivity contribution in [1.29, 1.82) is 0 Å².